The van der Waals surface area contributed by atoms with Crippen molar-refractivity contribution in [3.63, 3.8) is 0 Å². The van der Waals surface area contributed by atoms with E-state index in [4.69, 9.17) is 16.7 Å². The minimum Gasteiger partial charge on any atom is -0.274 e. The quantitative estimate of drug-likeness (QED) is 0.828. The molecule has 8 heteroatoms. The Kier molecular flexibility index (Phi) is 4.18. The molecular formula is C17H15ClN2O4S. The van der Waals surface area contributed by atoms with E-state index in [-0.39, 0.29) is 22.0 Å². The minimum atomic E-state index is -3.93. The maximum Gasteiger partial charge on any atom is 0.244 e. The van der Waals surface area contributed by atoms with Gasteiger partial charge in [0.05, 0.1) is 21.0 Å². The highest BCUT2D eigenvalue weighted by Crippen LogP contribution is 2.40. The maximum atomic E-state index is 13.0. The molecule has 25 heavy (non-hydrogen) atoms. The van der Waals surface area contributed by atoms with Crippen LogP contribution in [-0.4, -0.2) is 20.2 Å². The van der Waals surface area contributed by atoms with E-state index in [9.17, 15) is 18.0 Å². The topological polar surface area (TPSA) is 97.5 Å². The smallest absolute Gasteiger partial charge is 0.244 e. The fraction of sp³-hybridized carbons (Fsp3) is 0.176. The molecule has 6 nitrogen and oxygen atoms in total. The summed E-state index contributed by atoms with van der Waals surface area (Å²) in [4.78, 5) is 26.3. The van der Waals surface area contributed by atoms with Gasteiger partial charge < -0.3 is 0 Å². The fourth-order valence-corrected chi connectivity index (χ4v) is 3.81. The van der Waals surface area contributed by atoms with Crippen LogP contribution in [0.15, 0.2) is 53.4 Å². The lowest BCUT2D eigenvalue weighted by Gasteiger charge is -2.23. The summed E-state index contributed by atoms with van der Waals surface area (Å²) in [7, 11) is -3.93. The lowest BCUT2D eigenvalue weighted by Crippen LogP contribution is -2.36. The Morgan fingerprint density at radius 3 is 2.32 bits per heavy atom. The van der Waals surface area contributed by atoms with Crippen molar-refractivity contribution in [2.45, 2.75) is 23.7 Å². The summed E-state index contributed by atoms with van der Waals surface area (Å²) in [5.41, 5.74) is -0.128. The van der Waals surface area contributed by atoms with Crippen molar-refractivity contribution in [2.75, 3.05) is 4.90 Å². The number of halogens is 1. The predicted octanol–water partition coefficient (Wildman–Crippen LogP) is 2.21. The van der Waals surface area contributed by atoms with Crippen molar-refractivity contribution in [1.29, 1.82) is 0 Å². The van der Waals surface area contributed by atoms with Gasteiger partial charge in [0.25, 0.3) is 0 Å². The summed E-state index contributed by atoms with van der Waals surface area (Å²) in [6.45, 7) is 1.70. The fourth-order valence-electron chi connectivity index (χ4n) is 2.94. The van der Waals surface area contributed by atoms with Gasteiger partial charge in [-0.3, -0.25) is 9.59 Å². The van der Waals surface area contributed by atoms with Crippen molar-refractivity contribution < 1.29 is 18.0 Å². The van der Waals surface area contributed by atoms with Crippen molar-refractivity contribution in [3.05, 3.63) is 59.1 Å². The standard InChI is InChI=1S/C17H15ClN2O4S/c1-17(11-5-3-2-4-6-11)10-15(21)20(16(17)22)14-8-7-12(9-13(14)18)25(19,23)24/h2-9H,10H2,1H3,(H2,19,23,24)/t17-/m1/s1. The molecule has 0 saturated carbocycles. The average Bonchev–Trinajstić information content (AvgIpc) is 2.78. The van der Waals surface area contributed by atoms with Crippen molar-refractivity contribution in [1.82, 2.24) is 0 Å². The summed E-state index contributed by atoms with van der Waals surface area (Å²) >= 11 is 6.12. The van der Waals surface area contributed by atoms with Gasteiger partial charge in [-0.2, -0.15) is 0 Å². The van der Waals surface area contributed by atoms with Gasteiger partial charge >= 0.3 is 0 Å². The van der Waals surface area contributed by atoms with E-state index < -0.39 is 27.3 Å². The molecule has 1 saturated heterocycles. The van der Waals surface area contributed by atoms with Crippen LogP contribution in [0.25, 0.3) is 0 Å². The number of amides is 2. The summed E-state index contributed by atoms with van der Waals surface area (Å²) < 4.78 is 22.8. The molecule has 1 aliphatic rings. The number of nitrogens with zero attached hydrogens (tertiary/aromatic N) is 1. The van der Waals surface area contributed by atoms with Gasteiger partial charge in [0.15, 0.2) is 0 Å². The lowest BCUT2D eigenvalue weighted by atomic mass is 9.81. The molecule has 1 atom stereocenters. The number of rotatable bonds is 3. The third kappa shape index (κ3) is 2.95. The van der Waals surface area contributed by atoms with Gasteiger partial charge in [0.1, 0.15) is 0 Å². The molecule has 2 aromatic rings. The number of carbonyl (C=O) groups is 2. The van der Waals surface area contributed by atoms with Crippen LogP contribution >= 0.6 is 11.6 Å². The van der Waals surface area contributed by atoms with Gasteiger partial charge in [-0.15, -0.1) is 0 Å². The minimum absolute atomic E-state index is 0.00309. The molecule has 1 aliphatic heterocycles. The Labute approximate surface area is 150 Å². The third-order valence-corrected chi connectivity index (χ3v) is 5.54. The second-order valence-electron chi connectivity index (χ2n) is 6.07. The number of carbonyl (C=O) groups excluding carboxylic acids is 2. The van der Waals surface area contributed by atoms with E-state index in [2.05, 4.69) is 0 Å². The second-order valence-corrected chi connectivity index (χ2v) is 8.04. The highest BCUT2D eigenvalue weighted by molar-refractivity contribution is 7.89. The predicted molar refractivity (Wildman–Crippen MR) is 93.7 cm³/mol. The highest BCUT2D eigenvalue weighted by atomic mass is 35.5. The summed E-state index contributed by atoms with van der Waals surface area (Å²) in [5, 5.41) is 5.03. The number of hydrogen-bond donors (Lipinski definition) is 1. The molecule has 0 bridgehead atoms. The van der Waals surface area contributed by atoms with E-state index in [1.165, 1.54) is 12.1 Å². The lowest BCUT2D eigenvalue weighted by molar-refractivity contribution is -0.122. The average molecular weight is 379 g/mol. The summed E-state index contributed by atoms with van der Waals surface area (Å²) in [6, 6.07) is 12.7. The van der Waals surface area contributed by atoms with Crippen LogP contribution < -0.4 is 10.0 Å². The largest absolute Gasteiger partial charge is 0.274 e. The van der Waals surface area contributed by atoms with Crippen LogP contribution in [0.1, 0.15) is 18.9 Å². The molecule has 0 spiro atoms. The molecule has 1 heterocycles. The number of nitrogens with two attached hydrogens (primary N) is 1. The first-order chi connectivity index (χ1) is 11.6. The second kappa shape index (κ2) is 5.94. The molecule has 0 aliphatic carbocycles. The Morgan fingerprint density at radius 2 is 1.76 bits per heavy atom. The summed E-state index contributed by atoms with van der Waals surface area (Å²) in [6.07, 6.45) is 0.00309. The Balaban J connectivity index is 2.05. The van der Waals surface area contributed by atoms with Crippen LogP contribution in [0.2, 0.25) is 5.02 Å². The number of hydrogen-bond acceptors (Lipinski definition) is 4. The number of benzene rings is 2. The van der Waals surface area contributed by atoms with Crippen LogP contribution in [0, 0.1) is 0 Å². The molecule has 2 aromatic carbocycles. The number of imide groups is 1. The first-order valence-electron chi connectivity index (χ1n) is 7.40. The number of sulfonamides is 1. The van der Waals surface area contributed by atoms with Crippen molar-refractivity contribution in [3.8, 4) is 0 Å². The molecule has 2 amide bonds. The van der Waals surface area contributed by atoms with Gasteiger partial charge in [-0.05, 0) is 30.7 Å². The molecule has 0 aromatic heterocycles. The van der Waals surface area contributed by atoms with E-state index in [0.29, 0.717) is 0 Å². The van der Waals surface area contributed by atoms with Gasteiger partial charge in [-0.25, -0.2) is 18.5 Å². The third-order valence-electron chi connectivity index (χ3n) is 4.33. The Bertz CT molecular complexity index is 975. The zero-order chi connectivity index (χ0) is 18.4. The SMILES string of the molecule is C[C@]1(c2ccccc2)CC(=O)N(c2ccc(S(N)(=O)=O)cc2Cl)C1=O. The van der Waals surface area contributed by atoms with E-state index in [0.717, 1.165) is 16.5 Å². The molecule has 0 unspecified atom stereocenters. The zero-order valence-electron chi connectivity index (χ0n) is 13.3. The summed E-state index contributed by atoms with van der Waals surface area (Å²) in [5.74, 6) is -0.810. The maximum absolute atomic E-state index is 13.0. The first kappa shape index (κ1) is 17.6. The Morgan fingerprint density at radius 1 is 1.12 bits per heavy atom. The first-order valence-corrected chi connectivity index (χ1v) is 9.32. The zero-order valence-corrected chi connectivity index (χ0v) is 14.8. The molecule has 3 rings (SSSR count). The molecule has 2 N–H and O–H groups in total. The van der Waals surface area contributed by atoms with Crippen molar-refractivity contribution in [2.24, 2.45) is 5.14 Å². The van der Waals surface area contributed by atoms with Crippen LogP contribution in [0.3, 0.4) is 0 Å². The molecule has 130 valence electrons. The molecule has 1 fully saturated rings. The Hall–Kier alpha value is -2.22. The van der Waals surface area contributed by atoms with Crippen LogP contribution in [-0.2, 0) is 25.0 Å². The molecular weight excluding hydrogens is 364 g/mol. The van der Waals surface area contributed by atoms with Crippen LogP contribution in [0.4, 0.5) is 5.69 Å². The van der Waals surface area contributed by atoms with Gasteiger partial charge in [0, 0.05) is 6.42 Å². The monoisotopic (exact) mass is 378 g/mol. The van der Waals surface area contributed by atoms with Gasteiger partial charge in [0.2, 0.25) is 21.8 Å². The normalized spacial score (nSPS) is 21.0. The van der Waals surface area contributed by atoms with Crippen molar-refractivity contribution >= 4 is 39.1 Å². The highest BCUT2D eigenvalue weighted by Gasteiger charge is 2.50. The van der Waals surface area contributed by atoms with E-state index in [1.54, 1.807) is 31.2 Å². The van der Waals surface area contributed by atoms with E-state index >= 15 is 0 Å². The molecule has 0 radical (unpaired) electrons. The number of anilines is 1. The number of primary sulfonamides is 1. The van der Waals surface area contributed by atoms with Crippen LogP contribution in [0.5, 0.6) is 0 Å². The van der Waals surface area contributed by atoms with Gasteiger partial charge in [-0.1, -0.05) is 41.9 Å². The van der Waals surface area contributed by atoms with E-state index in [1.807, 2.05) is 6.07 Å².